The molecule has 4 aromatic rings. The number of nitrogens with one attached hydrogen (secondary N) is 2. The highest BCUT2D eigenvalue weighted by atomic mass is 16.4. The molecule has 3 N–H and O–H groups in total. The number of nitrogens with zero attached hydrogens (tertiary/aromatic N) is 7. The number of fused-ring (bicyclic) bond motifs is 1. The van der Waals surface area contributed by atoms with Crippen LogP contribution in [0.4, 0.5) is 17.6 Å². The van der Waals surface area contributed by atoms with Gasteiger partial charge in [0.2, 0.25) is 12.3 Å². The number of aromatic nitrogens is 7. The molecule has 0 aromatic carbocycles. The molecule has 1 saturated carbocycles. The van der Waals surface area contributed by atoms with E-state index >= 15 is 0 Å². The van der Waals surface area contributed by atoms with Crippen molar-refractivity contribution in [1.29, 1.82) is 0 Å². The summed E-state index contributed by atoms with van der Waals surface area (Å²) in [6.07, 6.45) is 10.3. The van der Waals surface area contributed by atoms with Gasteiger partial charge in [-0.3, -0.25) is 4.68 Å². The lowest BCUT2D eigenvalue weighted by molar-refractivity contribution is 0.214. The summed E-state index contributed by atoms with van der Waals surface area (Å²) < 4.78 is 7.32. The summed E-state index contributed by atoms with van der Waals surface area (Å²) in [6.45, 7) is 4.18. The molecular weight excluding hydrogens is 410 g/mol. The molecule has 0 atom stereocenters. The van der Waals surface area contributed by atoms with Crippen molar-refractivity contribution in [3.05, 3.63) is 31.1 Å². The van der Waals surface area contributed by atoms with Crippen molar-refractivity contribution in [2.75, 3.05) is 17.2 Å². The van der Waals surface area contributed by atoms with Crippen molar-refractivity contribution in [3.63, 3.8) is 0 Å². The molecular formula is C21H25N9O2. The summed E-state index contributed by atoms with van der Waals surface area (Å²) in [6, 6.07) is 2.15. The lowest BCUT2D eigenvalue weighted by Gasteiger charge is -2.29. The summed E-state index contributed by atoms with van der Waals surface area (Å²) in [5.74, 6) is 1.81. The fourth-order valence-electron chi connectivity index (χ4n) is 4.14. The van der Waals surface area contributed by atoms with E-state index in [1.54, 1.807) is 18.6 Å². The summed E-state index contributed by atoms with van der Waals surface area (Å²) >= 11 is 0. The van der Waals surface area contributed by atoms with Gasteiger partial charge in [-0.1, -0.05) is 12.8 Å². The molecule has 5 rings (SSSR count). The fraction of sp³-hybridized carbons (Fsp3) is 0.429. The summed E-state index contributed by atoms with van der Waals surface area (Å²) in [4.78, 5) is 13.6. The van der Waals surface area contributed by atoms with Gasteiger partial charge >= 0.3 is 0 Å². The molecule has 0 bridgehead atoms. The molecule has 0 unspecified atom stereocenters. The highest BCUT2D eigenvalue weighted by Gasteiger charge is 2.34. The van der Waals surface area contributed by atoms with Gasteiger partial charge in [-0.05, 0) is 26.7 Å². The average Bonchev–Trinajstić information content (AvgIpc) is 3.55. The summed E-state index contributed by atoms with van der Waals surface area (Å²) in [5, 5.41) is 29.8. The SMILES string of the molecule is CC(C)n1ncc2cnc(Nc3ncc(-c4nnco4)c(NC4(CO)CCCC4)n3)cc21. The van der Waals surface area contributed by atoms with Crippen LogP contribution in [0.2, 0.25) is 0 Å². The Bertz CT molecular complexity index is 1210. The first-order valence-electron chi connectivity index (χ1n) is 10.7. The minimum atomic E-state index is -0.429. The molecule has 166 valence electrons. The van der Waals surface area contributed by atoms with E-state index in [9.17, 15) is 5.11 Å². The van der Waals surface area contributed by atoms with Crippen LogP contribution in [-0.4, -0.2) is 52.2 Å². The fourth-order valence-corrected chi connectivity index (χ4v) is 4.14. The minimum Gasteiger partial charge on any atom is -0.423 e. The van der Waals surface area contributed by atoms with Crippen molar-refractivity contribution in [3.8, 4) is 11.5 Å². The Morgan fingerprint density at radius 3 is 2.75 bits per heavy atom. The maximum Gasteiger partial charge on any atom is 0.252 e. The molecule has 0 spiro atoms. The second-order valence-electron chi connectivity index (χ2n) is 8.41. The van der Waals surface area contributed by atoms with Crippen LogP contribution >= 0.6 is 0 Å². The normalized spacial score (nSPS) is 15.5. The molecule has 4 aromatic heterocycles. The monoisotopic (exact) mass is 435 g/mol. The molecule has 1 aliphatic carbocycles. The molecule has 1 aliphatic rings. The number of rotatable bonds is 7. The van der Waals surface area contributed by atoms with Crippen LogP contribution in [0.15, 0.2) is 35.5 Å². The first kappa shape index (κ1) is 20.3. The zero-order valence-corrected chi connectivity index (χ0v) is 18.0. The van der Waals surface area contributed by atoms with E-state index < -0.39 is 5.54 Å². The number of hydrogen-bond donors (Lipinski definition) is 3. The van der Waals surface area contributed by atoms with Gasteiger partial charge in [0.1, 0.15) is 11.6 Å². The van der Waals surface area contributed by atoms with E-state index in [2.05, 4.69) is 54.7 Å². The first-order chi connectivity index (χ1) is 15.6. The van der Waals surface area contributed by atoms with Gasteiger partial charge in [0.05, 0.1) is 29.4 Å². The Labute approximate surface area is 184 Å². The first-order valence-corrected chi connectivity index (χ1v) is 10.7. The smallest absolute Gasteiger partial charge is 0.252 e. The number of pyridine rings is 1. The Morgan fingerprint density at radius 2 is 2.03 bits per heavy atom. The van der Waals surface area contributed by atoms with Crippen molar-refractivity contribution >= 4 is 28.5 Å². The predicted octanol–water partition coefficient (Wildman–Crippen LogP) is 3.31. The zero-order chi connectivity index (χ0) is 22.1. The largest absolute Gasteiger partial charge is 0.423 e. The van der Waals surface area contributed by atoms with Crippen molar-refractivity contribution in [2.24, 2.45) is 0 Å². The number of hydrogen-bond acceptors (Lipinski definition) is 10. The Morgan fingerprint density at radius 1 is 1.19 bits per heavy atom. The lowest BCUT2D eigenvalue weighted by atomic mass is 9.98. The lowest BCUT2D eigenvalue weighted by Crippen LogP contribution is -2.39. The third kappa shape index (κ3) is 3.75. The van der Waals surface area contributed by atoms with Crippen LogP contribution in [0.3, 0.4) is 0 Å². The van der Waals surface area contributed by atoms with E-state index in [1.165, 1.54) is 6.39 Å². The van der Waals surface area contributed by atoms with E-state index in [0.717, 1.165) is 36.6 Å². The number of aliphatic hydroxyl groups is 1. The summed E-state index contributed by atoms with van der Waals surface area (Å²) in [5.41, 5.74) is 1.12. The standard InChI is InChI=1S/C21H25N9O2/c1-13(2)30-16-7-17(22-8-14(16)9-25-30)26-20-23-10-15(19-29-24-12-32-19)18(27-20)28-21(11-31)5-3-4-6-21/h7-10,12-13,31H,3-6,11H2,1-2H3,(H2,22,23,26,27,28). The topological polar surface area (TPSA) is 140 Å². The van der Waals surface area contributed by atoms with Crippen molar-refractivity contribution in [1.82, 2.24) is 34.9 Å². The average molecular weight is 435 g/mol. The highest BCUT2D eigenvalue weighted by molar-refractivity contribution is 5.81. The van der Waals surface area contributed by atoms with Gasteiger partial charge in [-0.2, -0.15) is 10.1 Å². The van der Waals surface area contributed by atoms with Crippen molar-refractivity contribution in [2.45, 2.75) is 51.1 Å². The molecule has 0 saturated heterocycles. The van der Waals surface area contributed by atoms with Crippen LogP contribution in [0, 0.1) is 0 Å². The maximum absolute atomic E-state index is 10.1. The second-order valence-corrected chi connectivity index (χ2v) is 8.41. The van der Waals surface area contributed by atoms with Crippen molar-refractivity contribution < 1.29 is 9.52 Å². The van der Waals surface area contributed by atoms with E-state index in [4.69, 9.17) is 4.42 Å². The minimum absolute atomic E-state index is 0.0143. The van der Waals surface area contributed by atoms with E-state index in [-0.39, 0.29) is 12.6 Å². The van der Waals surface area contributed by atoms with Gasteiger partial charge < -0.3 is 20.2 Å². The number of anilines is 3. The van der Waals surface area contributed by atoms with Crippen LogP contribution in [0.1, 0.15) is 45.6 Å². The number of aliphatic hydroxyl groups excluding tert-OH is 1. The molecule has 11 nitrogen and oxygen atoms in total. The van der Waals surface area contributed by atoms with Gasteiger partial charge in [-0.25, -0.2) is 9.97 Å². The van der Waals surface area contributed by atoms with Crippen LogP contribution in [-0.2, 0) is 0 Å². The van der Waals surface area contributed by atoms with Gasteiger partial charge in [0.15, 0.2) is 0 Å². The van der Waals surface area contributed by atoms with Crippen LogP contribution in [0.25, 0.3) is 22.4 Å². The maximum atomic E-state index is 10.1. The van der Waals surface area contributed by atoms with E-state index in [0.29, 0.717) is 29.0 Å². The van der Waals surface area contributed by atoms with Gasteiger partial charge in [0, 0.05) is 29.9 Å². The highest BCUT2D eigenvalue weighted by Crippen LogP contribution is 2.35. The quantitative estimate of drug-likeness (QED) is 0.396. The van der Waals surface area contributed by atoms with E-state index in [1.807, 2.05) is 10.7 Å². The zero-order valence-electron chi connectivity index (χ0n) is 18.0. The van der Waals surface area contributed by atoms with Gasteiger partial charge in [0.25, 0.3) is 5.89 Å². The molecule has 0 aliphatic heterocycles. The van der Waals surface area contributed by atoms with Gasteiger partial charge in [-0.15, -0.1) is 10.2 Å². The molecule has 32 heavy (non-hydrogen) atoms. The molecule has 0 radical (unpaired) electrons. The van der Waals surface area contributed by atoms with Crippen LogP contribution in [0.5, 0.6) is 0 Å². The predicted molar refractivity (Wildman–Crippen MR) is 118 cm³/mol. The Kier molecular flexibility index (Phi) is 5.17. The summed E-state index contributed by atoms with van der Waals surface area (Å²) in [7, 11) is 0. The Hall–Kier alpha value is -3.60. The Balaban J connectivity index is 1.49. The molecule has 1 fully saturated rings. The third-order valence-electron chi connectivity index (χ3n) is 5.84. The third-order valence-corrected chi connectivity index (χ3v) is 5.84. The molecule has 4 heterocycles. The molecule has 0 amide bonds. The van der Waals surface area contributed by atoms with Crippen LogP contribution < -0.4 is 10.6 Å². The molecule has 11 heteroatoms. The second kappa shape index (κ2) is 8.15.